The van der Waals surface area contributed by atoms with E-state index in [9.17, 15) is 0 Å². The molecule has 6 heteroatoms. The summed E-state index contributed by atoms with van der Waals surface area (Å²) in [5.41, 5.74) is 0. The third kappa shape index (κ3) is 2.71. The molecule has 1 rings (SSSR count). The third-order valence-corrected chi connectivity index (χ3v) is 2.08. The van der Waals surface area contributed by atoms with Gasteiger partial charge in [-0.25, -0.2) is 0 Å². The van der Waals surface area contributed by atoms with Crippen LogP contribution in [0.1, 0.15) is 11.9 Å². The van der Waals surface area contributed by atoms with Crippen molar-refractivity contribution in [3.8, 4) is 0 Å². The highest BCUT2D eigenvalue weighted by molar-refractivity contribution is 7.80. The molecule has 0 radical (unpaired) electrons. The predicted octanol–water partition coefficient (Wildman–Crippen LogP) is 1.15. The van der Waals surface area contributed by atoms with Crippen molar-refractivity contribution in [2.45, 2.75) is 13.8 Å². The van der Waals surface area contributed by atoms with Gasteiger partial charge < -0.3 is 10.6 Å². The van der Waals surface area contributed by atoms with Gasteiger partial charge in [0.25, 0.3) is 0 Å². The Morgan fingerprint density at radius 2 is 2.33 bits per heavy atom. The molecule has 0 saturated heterocycles. The van der Waals surface area contributed by atoms with E-state index in [-0.39, 0.29) is 0 Å². The summed E-state index contributed by atoms with van der Waals surface area (Å²) in [7, 11) is 0. The summed E-state index contributed by atoms with van der Waals surface area (Å²) < 4.78 is 0. The number of aromatic nitrogens is 2. The van der Waals surface area contributed by atoms with Crippen molar-refractivity contribution in [3.63, 3.8) is 0 Å². The number of rotatable bonds is 2. The number of thiocarbonyl (C=S) groups is 1. The number of aryl methyl sites for hydroxylation is 1. The van der Waals surface area contributed by atoms with Gasteiger partial charge in [0, 0.05) is 6.54 Å². The van der Waals surface area contributed by atoms with Crippen LogP contribution < -0.4 is 10.6 Å². The van der Waals surface area contributed by atoms with Crippen LogP contribution in [-0.4, -0.2) is 21.9 Å². The van der Waals surface area contributed by atoms with Gasteiger partial charge in [-0.2, -0.15) is 0 Å². The molecule has 0 saturated carbocycles. The first-order chi connectivity index (χ1) is 5.72. The normalized spacial score (nSPS) is 9.50. The van der Waals surface area contributed by atoms with Gasteiger partial charge in [-0.15, -0.1) is 10.2 Å². The van der Waals surface area contributed by atoms with E-state index in [0.717, 1.165) is 16.7 Å². The topological polar surface area (TPSA) is 49.8 Å². The van der Waals surface area contributed by atoms with E-state index in [4.69, 9.17) is 12.2 Å². The third-order valence-electron chi connectivity index (χ3n) is 1.08. The van der Waals surface area contributed by atoms with Crippen molar-refractivity contribution in [2.24, 2.45) is 0 Å². The minimum atomic E-state index is 0.591. The Bertz CT molecular complexity index is 270. The van der Waals surface area contributed by atoms with Crippen LogP contribution in [0, 0.1) is 6.92 Å². The number of hydrogen-bond donors (Lipinski definition) is 2. The van der Waals surface area contributed by atoms with Crippen LogP contribution >= 0.6 is 23.6 Å². The van der Waals surface area contributed by atoms with E-state index in [1.165, 1.54) is 11.3 Å². The quantitative estimate of drug-likeness (QED) is 0.705. The Morgan fingerprint density at radius 1 is 1.58 bits per heavy atom. The van der Waals surface area contributed by atoms with Crippen LogP contribution in [0.3, 0.4) is 0 Å². The summed E-state index contributed by atoms with van der Waals surface area (Å²) in [4.78, 5) is 0. The summed E-state index contributed by atoms with van der Waals surface area (Å²) >= 11 is 6.44. The molecule has 0 aromatic carbocycles. The Balaban J connectivity index is 2.46. The Morgan fingerprint density at radius 3 is 2.83 bits per heavy atom. The molecule has 4 nitrogen and oxygen atoms in total. The van der Waals surface area contributed by atoms with Crippen molar-refractivity contribution in [3.05, 3.63) is 5.01 Å². The lowest BCUT2D eigenvalue weighted by Gasteiger charge is -2.03. The van der Waals surface area contributed by atoms with E-state index in [1.54, 1.807) is 0 Å². The van der Waals surface area contributed by atoms with E-state index in [1.807, 2.05) is 13.8 Å². The molecule has 0 aliphatic rings. The zero-order valence-corrected chi connectivity index (χ0v) is 8.55. The standard InChI is InChI=1S/C6H10N4S2/c1-3-7-5(11)8-6-10-9-4(2)12-6/h3H2,1-2H3,(H2,7,8,10,11). The molecule has 0 aliphatic heterocycles. The second-order valence-electron chi connectivity index (χ2n) is 2.11. The average Bonchev–Trinajstić information content (AvgIpc) is 2.36. The van der Waals surface area contributed by atoms with Crippen molar-refractivity contribution in [2.75, 3.05) is 11.9 Å². The molecule has 66 valence electrons. The fourth-order valence-electron chi connectivity index (χ4n) is 0.649. The van der Waals surface area contributed by atoms with Crippen LogP contribution in [0.5, 0.6) is 0 Å². The smallest absolute Gasteiger partial charge is 0.211 e. The second kappa shape index (κ2) is 4.32. The molecule has 12 heavy (non-hydrogen) atoms. The fourth-order valence-corrected chi connectivity index (χ4v) is 1.55. The number of nitrogens with one attached hydrogen (secondary N) is 2. The van der Waals surface area contributed by atoms with Crippen LogP contribution in [0.2, 0.25) is 0 Å². The fraction of sp³-hybridized carbons (Fsp3) is 0.500. The van der Waals surface area contributed by atoms with Gasteiger partial charge in [-0.05, 0) is 26.1 Å². The van der Waals surface area contributed by atoms with Gasteiger partial charge in [0.2, 0.25) is 5.13 Å². The van der Waals surface area contributed by atoms with Crippen molar-refractivity contribution >= 4 is 33.8 Å². The van der Waals surface area contributed by atoms with Gasteiger partial charge in [0.05, 0.1) is 0 Å². The predicted molar refractivity (Wildman–Crippen MR) is 54.5 cm³/mol. The van der Waals surface area contributed by atoms with Crippen LogP contribution in [0.4, 0.5) is 5.13 Å². The molecule has 1 aromatic heterocycles. The number of hydrogen-bond acceptors (Lipinski definition) is 4. The summed E-state index contributed by atoms with van der Waals surface area (Å²) in [6.45, 7) is 4.70. The lowest BCUT2D eigenvalue weighted by Crippen LogP contribution is -2.27. The largest absolute Gasteiger partial charge is 0.363 e. The zero-order chi connectivity index (χ0) is 8.97. The molecule has 1 heterocycles. The van der Waals surface area contributed by atoms with Crippen molar-refractivity contribution in [1.29, 1.82) is 0 Å². The summed E-state index contributed by atoms with van der Waals surface area (Å²) in [6, 6.07) is 0. The average molecular weight is 202 g/mol. The second-order valence-corrected chi connectivity index (χ2v) is 3.70. The van der Waals surface area contributed by atoms with Gasteiger partial charge in [-0.1, -0.05) is 11.3 Å². The minimum absolute atomic E-state index is 0.591. The molecule has 0 spiro atoms. The lowest BCUT2D eigenvalue weighted by atomic mass is 10.7. The molecule has 0 fully saturated rings. The zero-order valence-electron chi connectivity index (χ0n) is 6.92. The molecule has 0 atom stereocenters. The van der Waals surface area contributed by atoms with E-state index >= 15 is 0 Å². The van der Waals surface area contributed by atoms with Gasteiger partial charge in [0.1, 0.15) is 5.01 Å². The highest BCUT2D eigenvalue weighted by Crippen LogP contribution is 2.12. The molecular formula is C6H10N4S2. The molecule has 1 aromatic rings. The molecule has 0 unspecified atom stereocenters. The molecule has 2 N–H and O–H groups in total. The summed E-state index contributed by atoms with van der Waals surface area (Å²) in [5.74, 6) is 0. The van der Waals surface area contributed by atoms with Crippen LogP contribution in [-0.2, 0) is 0 Å². The van der Waals surface area contributed by atoms with Gasteiger partial charge >= 0.3 is 0 Å². The Labute approximate surface area is 80.4 Å². The number of nitrogens with zero attached hydrogens (tertiary/aromatic N) is 2. The molecule has 0 amide bonds. The lowest BCUT2D eigenvalue weighted by molar-refractivity contribution is 0.976. The van der Waals surface area contributed by atoms with E-state index in [2.05, 4.69) is 20.8 Å². The van der Waals surface area contributed by atoms with Crippen LogP contribution in [0.15, 0.2) is 0 Å². The van der Waals surface area contributed by atoms with Crippen molar-refractivity contribution < 1.29 is 0 Å². The van der Waals surface area contributed by atoms with Gasteiger partial charge in [-0.3, -0.25) is 0 Å². The maximum absolute atomic E-state index is 4.96. The van der Waals surface area contributed by atoms with E-state index in [0.29, 0.717) is 5.11 Å². The van der Waals surface area contributed by atoms with Crippen molar-refractivity contribution in [1.82, 2.24) is 15.5 Å². The summed E-state index contributed by atoms with van der Waals surface area (Å²) in [6.07, 6.45) is 0. The summed E-state index contributed by atoms with van der Waals surface area (Å²) in [5, 5.41) is 15.9. The maximum atomic E-state index is 4.96. The molecular weight excluding hydrogens is 192 g/mol. The van der Waals surface area contributed by atoms with E-state index < -0.39 is 0 Å². The van der Waals surface area contributed by atoms with Crippen LogP contribution in [0.25, 0.3) is 0 Å². The first kappa shape index (κ1) is 9.34. The Hall–Kier alpha value is -0.750. The monoisotopic (exact) mass is 202 g/mol. The first-order valence-corrected chi connectivity index (χ1v) is 4.79. The SMILES string of the molecule is CCNC(=S)Nc1nnc(C)s1. The molecule has 0 bridgehead atoms. The molecule has 0 aliphatic carbocycles. The highest BCUT2D eigenvalue weighted by Gasteiger charge is 2.00. The minimum Gasteiger partial charge on any atom is -0.363 e. The number of anilines is 1. The Kier molecular flexibility index (Phi) is 3.36. The first-order valence-electron chi connectivity index (χ1n) is 3.57. The maximum Gasteiger partial charge on any atom is 0.211 e. The highest BCUT2D eigenvalue weighted by atomic mass is 32.1. The van der Waals surface area contributed by atoms with Gasteiger partial charge in [0.15, 0.2) is 5.11 Å².